The number of carbonyl (C=O) groups is 1. The van der Waals surface area contributed by atoms with Gasteiger partial charge in [-0.1, -0.05) is 0 Å². The van der Waals surface area contributed by atoms with Gasteiger partial charge in [-0.15, -0.1) is 11.3 Å². The van der Waals surface area contributed by atoms with Crippen LogP contribution in [0.15, 0.2) is 30.7 Å². The van der Waals surface area contributed by atoms with Gasteiger partial charge in [-0.2, -0.15) is 5.10 Å². The van der Waals surface area contributed by atoms with Crippen molar-refractivity contribution in [1.29, 1.82) is 0 Å². The van der Waals surface area contributed by atoms with Crippen LogP contribution in [0.2, 0.25) is 0 Å². The summed E-state index contributed by atoms with van der Waals surface area (Å²) in [5.74, 6) is 0.650. The van der Waals surface area contributed by atoms with Crippen molar-refractivity contribution in [2.75, 3.05) is 11.9 Å². The molecule has 0 saturated carbocycles. The normalized spacial score (nSPS) is 16.2. The van der Waals surface area contributed by atoms with E-state index in [1.54, 1.807) is 23.9 Å². The van der Waals surface area contributed by atoms with Crippen LogP contribution in [-0.2, 0) is 22.4 Å². The zero-order chi connectivity index (χ0) is 19.1. The van der Waals surface area contributed by atoms with Crippen LogP contribution in [0.25, 0.3) is 21.1 Å². The van der Waals surface area contributed by atoms with Gasteiger partial charge < -0.3 is 10.1 Å². The SMILES string of the molecule is CCOC(=O)[C@@H]1CCc2c(sc3ncnc(Nc4ccc5[nH]ncc5c4)c23)C1. The van der Waals surface area contributed by atoms with Gasteiger partial charge in [-0.3, -0.25) is 9.89 Å². The number of rotatable bonds is 4. The molecule has 142 valence electrons. The number of aromatic amines is 1. The molecule has 0 bridgehead atoms. The van der Waals surface area contributed by atoms with Gasteiger partial charge in [0, 0.05) is 16.0 Å². The van der Waals surface area contributed by atoms with Gasteiger partial charge in [0.15, 0.2) is 0 Å². The Kier molecular flexibility index (Phi) is 4.20. The first-order valence-corrected chi connectivity index (χ1v) is 10.2. The van der Waals surface area contributed by atoms with Crippen molar-refractivity contribution in [3.63, 3.8) is 0 Å². The lowest BCUT2D eigenvalue weighted by Crippen LogP contribution is -2.23. The number of H-pyrrole nitrogens is 1. The van der Waals surface area contributed by atoms with Crippen molar-refractivity contribution < 1.29 is 9.53 Å². The summed E-state index contributed by atoms with van der Waals surface area (Å²) < 4.78 is 5.22. The molecule has 0 saturated heterocycles. The predicted octanol–water partition coefficient (Wildman–Crippen LogP) is 3.98. The van der Waals surface area contributed by atoms with Crippen molar-refractivity contribution in [2.24, 2.45) is 5.92 Å². The first-order chi connectivity index (χ1) is 13.7. The zero-order valence-electron chi connectivity index (χ0n) is 15.4. The van der Waals surface area contributed by atoms with Crippen LogP contribution in [0.1, 0.15) is 23.8 Å². The largest absolute Gasteiger partial charge is 0.466 e. The maximum Gasteiger partial charge on any atom is 0.309 e. The highest BCUT2D eigenvalue weighted by Crippen LogP contribution is 2.40. The number of benzene rings is 1. The van der Waals surface area contributed by atoms with Crippen molar-refractivity contribution >= 4 is 49.9 Å². The number of fused-ring (bicyclic) bond motifs is 4. The fourth-order valence-corrected chi connectivity index (χ4v) is 5.09. The highest BCUT2D eigenvalue weighted by Gasteiger charge is 2.29. The third-order valence-electron chi connectivity index (χ3n) is 5.17. The van der Waals surface area contributed by atoms with Crippen molar-refractivity contribution in [1.82, 2.24) is 20.2 Å². The Morgan fingerprint density at radius 2 is 2.32 bits per heavy atom. The maximum absolute atomic E-state index is 12.2. The number of hydrogen-bond acceptors (Lipinski definition) is 7. The summed E-state index contributed by atoms with van der Waals surface area (Å²) in [4.78, 5) is 23.3. The van der Waals surface area contributed by atoms with Gasteiger partial charge in [-0.25, -0.2) is 9.97 Å². The Balaban J connectivity index is 1.50. The number of esters is 1. The summed E-state index contributed by atoms with van der Waals surface area (Å²) in [5, 5.41) is 12.6. The van der Waals surface area contributed by atoms with E-state index in [4.69, 9.17) is 4.74 Å². The number of hydrogen-bond donors (Lipinski definition) is 2. The van der Waals surface area contributed by atoms with E-state index in [0.717, 1.165) is 51.9 Å². The lowest BCUT2D eigenvalue weighted by molar-refractivity contribution is -0.148. The molecule has 2 N–H and O–H groups in total. The highest BCUT2D eigenvalue weighted by atomic mass is 32.1. The molecule has 1 aromatic carbocycles. The van der Waals surface area contributed by atoms with E-state index in [2.05, 4.69) is 25.5 Å². The predicted molar refractivity (Wildman–Crippen MR) is 109 cm³/mol. The highest BCUT2D eigenvalue weighted by molar-refractivity contribution is 7.19. The minimum Gasteiger partial charge on any atom is -0.466 e. The molecule has 0 amide bonds. The van der Waals surface area contributed by atoms with E-state index < -0.39 is 0 Å². The summed E-state index contributed by atoms with van der Waals surface area (Å²) in [6.45, 7) is 2.27. The molecular formula is C20H19N5O2S. The minimum absolute atomic E-state index is 0.0617. The molecule has 0 unspecified atom stereocenters. The molecule has 1 aliphatic rings. The molecule has 4 aromatic rings. The van der Waals surface area contributed by atoms with Gasteiger partial charge >= 0.3 is 5.97 Å². The van der Waals surface area contributed by atoms with Crippen LogP contribution in [0.5, 0.6) is 0 Å². The van der Waals surface area contributed by atoms with E-state index in [9.17, 15) is 4.79 Å². The van der Waals surface area contributed by atoms with Crippen LogP contribution in [0.3, 0.4) is 0 Å². The third-order valence-corrected chi connectivity index (χ3v) is 6.33. The monoisotopic (exact) mass is 393 g/mol. The number of thiophene rings is 1. The van der Waals surface area contributed by atoms with Gasteiger partial charge in [-0.05, 0) is 49.9 Å². The molecular weight excluding hydrogens is 374 g/mol. The van der Waals surface area contributed by atoms with E-state index in [-0.39, 0.29) is 11.9 Å². The summed E-state index contributed by atoms with van der Waals surface area (Å²) >= 11 is 1.65. The number of nitrogens with one attached hydrogen (secondary N) is 2. The molecule has 28 heavy (non-hydrogen) atoms. The molecule has 0 aliphatic heterocycles. The second-order valence-corrected chi connectivity index (χ2v) is 7.98. The maximum atomic E-state index is 12.2. The summed E-state index contributed by atoms with van der Waals surface area (Å²) in [6, 6.07) is 6.04. The van der Waals surface area contributed by atoms with Crippen LogP contribution in [-0.4, -0.2) is 32.7 Å². The van der Waals surface area contributed by atoms with E-state index in [1.165, 1.54) is 10.4 Å². The Bertz CT molecular complexity index is 1180. The molecule has 0 spiro atoms. The van der Waals surface area contributed by atoms with Crippen molar-refractivity contribution in [2.45, 2.75) is 26.2 Å². The van der Waals surface area contributed by atoms with Crippen LogP contribution >= 0.6 is 11.3 Å². The smallest absolute Gasteiger partial charge is 0.309 e. The number of aromatic nitrogens is 4. The molecule has 3 heterocycles. The van der Waals surface area contributed by atoms with Crippen molar-refractivity contribution in [3.05, 3.63) is 41.2 Å². The summed E-state index contributed by atoms with van der Waals surface area (Å²) in [6.07, 6.45) is 5.74. The van der Waals surface area contributed by atoms with Crippen LogP contribution < -0.4 is 5.32 Å². The molecule has 1 atom stereocenters. The number of nitrogens with zero attached hydrogens (tertiary/aromatic N) is 3. The van der Waals surface area contributed by atoms with Gasteiger partial charge in [0.05, 0.1) is 29.6 Å². The van der Waals surface area contributed by atoms with Gasteiger partial charge in [0.1, 0.15) is 17.0 Å². The van der Waals surface area contributed by atoms with Gasteiger partial charge in [0.2, 0.25) is 0 Å². The summed E-state index contributed by atoms with van der Waals surface area (Å²) in [5.41, 5.74) is 3.21. The van der Waals surface area contributed by atoms with E-state index in [1.807, 2.05) is 25.1 Å². The van der Waals surface area contributed by atoms with Crippen LogP contribution in [0.4, 0.5) is 11.5 Å². The van der Waals surface area contributed by atoms with E-state index >= 15 is 0 Å². The number of anilines is 2. The molecule has 3 aromatic heterocycles. The number of carbonyl (C=O) groups excluding carboxylic acids is 1. The topological polar surface area (TPSA) is 92.8 Å². The Morgan fingerprint density at radius 3 is 3.21 bits per heavy atom. The second kappa shape index (κ2) is 6.87. The summed E-state index contributed by atoms with van der Waals surface area (Å²) in [7, 11) is 0. The zero-order valence-corrected chi connectivity index (χ0v) is 16.2. The molecule has 5 rings (SSSR count). The molecule has 0 fully saturated rings. The minimum atomic E-state index is -0.0940. The lowest BCUT2D eigenvalue weighted by atomic mass is 9.88. The van der Waals surface area contributed by atoms with Crippen LogP contribution in [0, 0.1) is 5.92 Å². The van der Waals surface area contributed by atoms with Gasteiger partial charge in [0.25, 0.3) is 0 Å². The molecule has 0 radical (unpaired) electrons. The Hall–Kier alpha value is -3.00. The standard InChI is InChI=1S/C20H19N5O2S/c1-2-27-20(26)11-3-5-14-16(8-11)28-19-17(14)18(21-10-22-19)24-13-4-6-15-12(7-13)9-23-25-15/h4,6-7,9-11H,2-3,5,8H2,1H3,(H,23,25)(H,21,22,24)/t11-/m1/s1. The van der Waals surface area contributed by atoms with E-state index in [0.29, 0.717) is 6.61 Å². The lowest BCUT2D eigenvalue weighted by Gasteiger charge is -2.20. The number of aryl methyl sites for hydroxylation is 1. The van der Waals surface area contributed by atoms with Crippen molar-refractivity contribution in [3.8, 4) is 0 Å². The first-order valence-electron chi connectivity index (χ1n) is 9.35. The quantitative estimate of drug-likeness (QED) is 0.510. The molecule has 8 heteroatoms. The Labute approximate surface area is 165 Å². The second-order valence-electron chi connectivity index (χ2n) is 6.90. The molecule has 1 aliphatic carbocycles. The molecule has 7 nitrogen and oxygen atoms in total. The fourth-order valence-electron chi connectivity index (χ4n) is 3.82. The first kappa shape index (κ1) is 17.1. The average molecular weight is 393 g/mol. The Morgan fingerprint density at radius 1 is 1.39 bits per heavy atom. The average Bonchev–Trinajstić information content (AvgIpc) is 3.31. The third kappa shape index (κ3) is 2.90. The number of ether oxygens (including phenoxy) is 1. The fraction of sp³-hybridized carbons (Fsp3) is 0.300.